The first-order valence-corrected chi connectivity index (χ1v) is 27.3. The van der Waals surface area contributed by atoms with Gasteiger partial charge in [-0.15, -0.1) is 0 Å². The van der Waals surface area contributed by atoms with Crippen LogP contribution in [-0.2, 0) is 28.6 Å². The van der Waals surface area contributed by atoms with E-state index in [2.05, 4.69) is 45.1 Å². The standard InChI is InChI=1S/C56H104O6/c1-4-7-10-13-16-19-22-25-27-28-30-31-34-37-40-43-46-49-55(58)61-52-53(51-60-54(57)48-45-42-39-36-33-24-21-18-15-12-9-6-3)62-56(59)50-47-44-41-38-35-32-29-26-23-20-17-14-11-8-5-2/h16,19,25,27,53H,4-15,17-18,20-24,26,28-52H2,1-3H3/b19-16-,27-25-/t53-/m1/s1. The summed E-state index contributed by atoms with van der Waals surface area (Å²) in [4.78, 5) is 38.0. The quantitative estimate of drug-likeness (QED) is 0.0262. The Labute approximate surface area is 385 Å². The lowest BCUT2D eigenvalue weighted by Crippen LogP contribution is -2.30. The molecule has 364 valence electrons. The summed E-state index contributed by atoms with van der Waals surface area (Å²) >= 11 is 0. The van der Waals surface area contributed by atoms with E-state index in [1.165, 1.54) is 186 Å². The monoisotopic (exact) mass is 873 g/mol. The summed E-state index contributed by atoms with van der Waals surface area (Å²) in [6.45, 7) is 6.64. The van der Waals surface area contributed by atoms with Crippen molar-refractivity contribution >= 4 is 17.9 Å². The topological polar surface area (TPSA) is 78.9 Å². The molecule has 0 radical (unpaired) electrons. The molecular weight excluding hydrogens is 769 g/mol. The van der Waals surface area contributed by atoms with Gasteiger partial charge in [0.25, 0.3) is 0 Å². The maximum absolute atomic E-state index is 12.8. The first-order valence-electron chi connectivity index (χ1n) is 27.3. The largest absolute Gasteiger partial charge is 0.462 e. The van der Waals surface area contributed by atoms with Gasteiger partial charge in [0.2, 0.25) is 0 Å². The van der Waals surface area contributed by atoms with Crippen LogP contribution in [0, 0.1) is 0 Å². The first kappa shape index (κ1) is 59.9. The third kappa shape index (κ3) is 48.9. The minimum Gasteiger partial charge on any atom is -0.462 e. The van der Waals surface area contributed by atoms with Crippen LogP contribution in [0.15, 0.2) is 24.3 Å². The second-order valence-electron chi connectivity index (χ2n) is 18.5. The maximum Gasteiger partial charge on any atom is 0.306 e. The molecule has 0 heterocycles. The normalized spacial score (nSPS) is 12.1. The van der Waals surface area contributed by atoms with E-state index in [1.54, 1.807) is 0 Å². The van der Waals surface area contributed by atoms with Crippen LogP contribution in [0.2, 0.25) is 0 Å². The lowest BCUT2D eigenvalue weighted by molar-refractivity contribution is -0.167. The lowest BCUT2D eigenvalue weighted by atomic mass is 10.0. The van der Waals surface area contributed by atoms with Gasteiger partial charge in [0.1, 0.15) is 13.2 Å². The van der Waals surface area contributed by atoms with Crippen LogP contribution in [0.5, 0.6) is 0 Å². The number of allylic oxidation sites excluding steroid dienone is 4. The van der Waals surface area contributed by atoms with Crippen LogP contribution in [-0.4, -0.2) is 37.2 Å². The van der Waals surface area contributed by atoms with Crippen molar-refractivity contribution in [2.75, 3.05) is 13.2 Å². The van der Waals surface area contributed by atoms with Crippen molar-refractivity contribution in [1.29, 1.82) is 0 Å². The Morgan fingerprint density at radius 2 is 0.581 bits per heavy atom. The Morgan fingerprint density at radius 1 is 0.323 bits per heavy atom. The summed E-state index contributed by atoms with van der Waals surface area (Å²) in [5, 5.41) is 0. The van der Waals surface area contributed by atoms with E-state index in [0.717, 1.165) is 70.6 Å². The van der Waals surface area contributed by atoms with Crippen LogP contribution in [0.3, 0.4) is 0 Å². The number of ether oxygens (including phenoxy) is 3. The highest BCUT2D eigenvalue weighted by molar-refractivity contribution is 5.71. The summed E-state index contributed by atoms with van der Waals surface area (Å²) in [6.07, 6.45) is 58.7. The molecule has 0 saturated heterocycles. The van der Waals surface area contributed by atoms with Crippen molar-refractivity contribution in [3.63, 3.8) is 0 Å². The highest BCUT2D eigenvalue weighted by Gasteiger charge is 2.19. The molecule has 0 saturated carbocycles. The number of hydrogen-bond donors (Lipinski definition) is 0. The summed E-state index contributed by atoms with van der Waals surface area (Å²) < 4.78 is 16.8. The van der Waals surface area contributed by atoms with Gasteiger partial charge in [-0.25, -0.2) is 0 Å². The van der Waals surface area contributed by atoms with Crippen molar-refractivity contribution in [2.24, 2.45) is 0 Å². The number of unbranched alkanes of at least 4 members (excludes halogenated alkanes) is 35. The SMILES string of the molecule is CCCCC/C=C\C/C=C\CCCCCCCCCC(=O)OC[C@@H](COC(=O)CCCCCCCCCCCCCC)OC(=O)CCCCCCCCCCCCCCCCC. The average Bonchev–Trinajstić information content (AvgIpc) is 3.27. The summed E-state index contributed by atoms with van der Waals surface area (Å²) in [5.41, 5.74) is 0. The van der Waals surface area contributed by atoms with Gasteiger partial charge in [-0.3, -0.25) is 14.4 Å². The van der Waals surface area contributed by atoms with Gasteiger partial charge in [-0.2, -0.15) is 0 Å². The van der Waals surface area contributed by atoms with E-state index < -0.39 is 6.10 Å². The second kappa shape index (κ2) is 51.5. The average molecular weight is 873 g/mol. The molecule has 0 aromatic rings. The first-order chi connectivity index (χ1) is 30.5. The van der Waals surface area contributed by atoms with Crippen molar-refractivity contribution in [3.05, 3.63) is 24.3 Å². The number of hydrogen-bond acceptors (Lipinski definition) is 6. The zero-order chi connectivity index (χ0) is 45.1. The molecule has 0 aromatic carbocycles. The summed E-state index contributed by atoms with van der Waals surface area (Å²) in [7, 11) is 0. The number of carbonyl (C=O) groups excluding carboxylic acids is 3. The van der Waals surface area contributed by atoms with E-state index in [0.29, 0.717) is 19.3 Å². The van der Waals surface area contributed by atoms with E-state index in [1.807, 2.05) is 0 Å². The Morgan fingerprint density at radius 3 is 0.919 bits per heavy atom. The highest BCUT2D eigenvalue weighted by atomic mass is 16.6. The van der Waals surface area contributed by atoms with Gasteiger partial charge in [0, 0.05) is 19.3 Å². The molecule has 0 fully saturated rings. The molecule has 0 spiro atoms. The van der Waals surface area contributed by atoms with E-state index in [9.17, 15) is 14.4 Å². The molecule has 0 amide bonds. The Bertz CT molecular complexity index is 1000. The molecule has 6 nitrogen and oxygen atoms in total. The van der Waals surface area contributed by atoms with Gasteiger partial charge in [0.15, 0.2) is 6.10 Å². The van der Waals surface area contributed by atoms with Crippen molar-refractivity contribution < 1.29 is 28.6 Å². The fourth-order valence-corrected chi connectivity index (χ4v) is 8.06. The number of rotatable bonds is 50. The molecule has 0 rings (SSSR count). The van der Waals surface area contributed by atoms with Crippen LogP contribution in [0.25, 0.3) is 0 Å². The fourth-order valence-electron chi connectivity index (χ4n) is 8.06. The van der Waals surface area contributed by atoms with Crippen LogP contribution >= 0.6 is 0 Å². The fraction of sp³-hybridized carbons (Fsp3) is 0.875. The number of esters is 3. The van der Waals surface area contributed by atoms with Gasteiger partial charge >= 0.3 is 17.9 Å². The summed E-state index contributed by atoms with van der Waals surface area (Å²) in [6, 6.07) is 0. The molecule has 0 unspecified atom stereocenters. The zero-order valence-corrected chi connectivity index (χ0v) is 41.7. The molecule has 0 aliphatic carbocycles. The van der Waals surface area contributed by atoms with Crippen LogP contribution in [0.1, 0.15) is 297 Å². The van der Waals surface area contributed by atoms with Gasteiger partial charge in [-0.1, -0.05) is 251 Å². The van der Waals surface area contributed by atoms with Crippen LogP contribution in [0.4, 0.5) is 0 Å². The Kier molecular flexibility index (Phi) is 49.8. The molecular formula is C56H104O6. The lowest BCUT2D eigenvalue weighted by Gasteiger charge is -2.18. The van der Waals surface area contributed by atoms with Crippen molar-refractivity contribution in [1.82, 2.24) is 0 Å². The van der Waals surface area contributed by atoms with Gasteiger partial charge < -0.3 is 14.2 Å². The van der Waals surface area contributed by atoms with Gasteiger partial charge in [-0.05, 0) is 51.4 Å². The molecule has 0 N–H and O–H groups in total. The van der Waals surface area contributed by atoms with Crippen molar-refractivity contribution in [3.8, 4) is 0 Å². The van der Waals surface area contributed by atoms with Crippen LogP contribution < -0.4 is 0 Å². The van der Waals surface area contributed by atoms with Gasteiger partial charge in [0.05, 0.1) is 0 Å². The van der Waals surface area contributed by atoms with Crippen molar-refractivity contribution in [2.45, 2.75) is 303 Å². The van der Waals surface area contributed by atoms with E-state index >= 15 is 0 Å². The predicted octanol–water partition coefficient (Wildman–Crippen LogP) is 17.9. The molecule has 1 atom stereocenters. The molecule has 0 aliphatic rings. The molecule has 6 heteroatoms. The third-order valence-corrected chi connectivity index (χ3v) is 12.2. The highest BCUT2D eigenvalue weighted by Crippen LogP contribution is 2.16. The minimum atomic E-state index is -0.768. The smallest absolute Gasteiger partial charge is 0.306 e. The second-order valence-corrected chi connectivity index (χ2v) is 18.5. The zero-order valence-electron chi connectivity index (χ0n) is 41.7. The predicted molar refractivity (Wildman–Crippen MR) is 266 cm³/mol. The maximum atomic E-state index is 12.8. The number of carbonyl (C=O) groups is 3. The molecule has 62 heavy (non-hydrogen) atoms. The Hall–Kier alpha value is -2.11. The van der Waals surface area contributed by atoms with E-state index in [-0.39, 0.29) is 31.1 Å². The minimum absolute atomic E-state index is 0.0685. The summed E-state index contributed by atoms with van der Waals surface area (Å²) in [5.74, 6) is -0.859. The third-order valence-electron chi connectivity index (χ3n) is 12.2. The molecule has 0 bridgehead atoms. The van der Waals surface area contributed by atoms with E-state index in [4.69, 9.17) is 14.2 Å². The molecule has 0 aromatic heterocycles. The Balaban J connectivity index is 4.33. The molecule has 0 aliphatic heterocycles.